The van der Waals surface area contributed by atoms with Crippen LogP contribution >= 0.6 is 0 Å². The van der Waals surface area contributed by atoms with E-state index in [1.807, 2.05) is 6.07 Å². The molecule has 7 aliphatic carbocycles. The first-order valence-electron chi connectivity index (χ1n) is 19.7. The molecule has 4 saturated carbocycles. The number of fused-ring (bicyclic) bond motifs is 5. The first kappa shape index (κ1) is 40.5. The van der Waals surface area contributed by atoms with Crippen molar-refractivity contribution in [3.8, 4) is 0 Å². The Kier molecular flexibility index (Phi) is 11.5. The first-order valence-corrected chi connectivity index (χ1v) is 21.1. The quantitative estimate of drug-likeness (QED) is 0.189. The van der Waals surface area contributed by atoms with Gasteiger partial charge >= 0.3 is 63.8 Å². The molecule has 53 heavy (non-hydrogen) atoms. The monoisotopic (exact) mass is 816 g/mol. The average molecular weight is 819 g/mol. The van der Waals surface area contributed by atoms with Crippen LogP contribution < -0.4 is 24.8 Å². The molecule has 0 spiro atoms. The van der Waals surface area contributed by atoms with Crippen LogP contribution in [-0.4, -0.2) is 3.71 Å². The van der Waals surface area contributed by atoms with Gasteiger partial charge in [0.15, 0.2) is 0 Å². The molecule has 0 radical (unpaired) electrons. The predicted octanol–water partition coefficient (Wildman–Crippen LogP) is 7.41. The van der Waals surface area contributed by atoms with Crippen LogP contribution in [0.25, 0.3) is 32.7 Å². The van der Waals surface area contributed by atoms with E-state index in [1.54, 1.807) is 44.1 Å². The van der Waals surface area contributed by atoms with Crippen LogP contribution in [0.15, 0.2) is 90.0 Å². The van der Waals surface area contributed by atoms with Gasteiger partial charge in [0.25, 0.3) is 0 Å². The van der Waals surface area contributed by atoms with Gasteiger partial charge in [0.05, 0.1) is 0 Å². The van der Waals surface area contributed by atoms with Crippen LogP contribution in [0, 0.1) is 35.2 Å². The summed E-state index contributed by atoms with van der Waals surface area (Å²) in [5.41, 5.74) is 14.0. The number of benzene rings is 3. The van der Waals surface area contributed by atoms with E-state index in [0.717, 1.165) is 17.8 Å². The zero-order chi connectivity index (χ0) is 35.9. The van der Waals surface area contributed by atoms with Crippen molar-refractivity contribution in [2.75, 3.05) is 0 Å². The van der Waals surface area contributed by atoms with Gasteiger partial charge in [-0.05, 0) is 97.8 Å². The molecule has 1 unspecified atom stereocenters. The Morgan fingerprint density at radius 1 is 0.736 bits per heavy atom. The minimum absolute atomic E-state index is 0. The van der Waals surface area contributed by atoms with E-state index in [1.165, 1.54) is 96.7 Å². The Bertz CT molecular complexity index is 2040. The van der Waals surface area contributed by atoms with Crippen LogP contribution in [0.3, 0.4) is 0 Å². The van der Waals surface area contributed by atoms with Crippen molar-refractivity contribution in [2.45, 2.75) is 111 Å². The first-order chi connectivity index (χ1) is 24.2. The van der Waals surface area contributed by atoms with Crippen molar-refractivity contribution in [1.29, 1.82) is 0 Å². The average Bonchev–Trinajstić information content (AvgIpc) is 3.72. The van der Waals surface area contributed by atoms with Crippen LogP contribution in [0.2, 0.25) is 0 Å². The maximum atomic E-state index is 3.57. The molecule has 276 valence electrons. The number of hydrogen-bond acceptors (Lipinski definition) is 0. The molecule has 4 aromatic rings. The Labute approximate surface area is 347 Å². The van der Waals surface area contributed by atoms with Gasteiger partial charge in [-0.15, -0.1) is 39.7 Å². The standard InChI is InChI=1S/C25H25.C18H25.C7H6.2ClH.Zr/c1-14-12-24(3,4)22-8-16-7-17-9-23-19(15(2)13-25(23,5)6)11-21(17)20(16)10-18(14)22;1-12-3-13(2)17(4-12)11-18-8-14-5-15(9-18)7-16(6-14)10-18;1-7-5-3-2-4-6-7;;;/h7-13H,1-6H3;4,12,14-16H,5-11H2,1-2H3;1-6H;2*1H;/q2*-1;;;;+2/p-2. The fraction of sp³-hybridized carbons (Fsp3) is 0.440. The summed E-state index contributed by atoms with van der Waals surface area (Å²) in [6.45, 7) is 18.3. The van der Waals surface area contributed by atoms with Crippen molar-refractivity contribution >= 4 is 36.4 Å². The molecule has 0 nitrogen and oxygen atoms in total. The van der Waals surface area contributed by atoms with Crippen molar-refractivity contribution in [2.24, 2.45) is 29.1 Å². The van der Waals surface area contributed by atoms with Crippen LogP contribution in [0.1, 0.15) is 128 Å². The summed E-state index contributed by atoms with van der Waals surface area (Å²) in [6, 6.07) is 22.4. The summed E-state index contributed by atoms with van der Waals surface area (Å²) in [5, 5.41) is 5.57. The maximum absolute atomic E-state index is 3.57. The summed E-state index contributed by atoms with van der Waals surface area (Å²) in [6.07, 6.45) is 21.6. The summed E-state index contributed by atoms with van der Waals surface area (Å²) >= 11 is 1.46. The summed E-state index contributed by atoms with van der Waals surface area (Å²) in [5.74, 6) is 3.82. The molecule has 0 N–H and O–H groups in total. The molecule has 11 rings (SSSR count). The Morgan fingerprint density at radius 2 is 1.21 bits per heavy atom. The topological polar surface area (TPSA) is 0 Å². The van der Waals surface area contributed by atoms with E-state index < -0.39 is 0 Å². The Hall–Kier alpha value is -2.18. The van der Waals surface area contributed by atoms with Gasteiger partial charge in [-0.1, -0.05) is 89.3 Å². The summed E-state index contributed by atoms with van der Waals surface area (Å²) in [7, 11) is 0. The van der Waals surface area contributed by atoms with E-state index in [-0.39, 0.29) is 35.6 Å². The van der Waals surface area contributed by atoms with Gasteiger partial charge in [0.1, 0.15) is 0 Å². The molecular weight excluding hydrogens is 763 g/mol. The summed E-state index contributed by atoms with van der Waals surface area (Å²) in [4.78, 5) is 0. The normalized spacial score (nSPS) is 27.5. The number of rotatable bonds is 3. The number of hydrogen-bond donors (Lipinski definition) is 0. The number of allylic oxidation sites excluding steroid dienone is 8. The molecule has 3 heteroatoms. The fourth-order valence-electron chi connectivity index (χ4n) is 11.8. The van der Waals surface area contributed by atoms with Gasteiger partial charge in [0.2, 0.25) is 0 Å². The van der Waals surface area contributed by atoms with E-state index in [4.69, 9.17) is 0 Å². The molecule has 4 bridgehead atoms. The molecule has 4 fully saturated rings. The molecule has 0 amide bonds. The van der Waals surface area contributed by atoms with Crippen LogP contribution in [0.5, 0.6) is 0 Å². The third kappa shape index (κ3) is 7.68. The van der Waals surface area contributed by atoms with Gasteiger partial charge in [-0.25, -0.2) is 5.57 Å². The zero-order valence-corrected chi connectivity index (χ0v) is 37.1. The second-order valence-corrected chi connectivity index (χ2v) is 19.3. The Balaban J connectivity index is 0.000000150. The Morgan fingerprint density at radius 3 is 1.60 bits per heavy atom. The van der Waals surface area contributed by atoms with Crippen molar-refractivity contribution in [1.82, 2.24) is 0 Å². The van der Waals surface area contributed by atoms with Crippen molar-refractivity contribution < 1.29 is 49.0 Å². The van der Waals surface area contributed by atoms with Gasteiger partial charge in [0, 0.05) is 10.8 Å². The second-order valence-electron chi connectivity index (χ2n) is 18.6. The van der Waals surface area contributed by atoms with Crippen molar-refractivity contribution in [3.05, 3.63) is 124 Å². The molecule has 0 saturated heterocycles. The van der Waals surface area contributed by atoms with E-state index in [9.17, 15) is 0 Å². The van der Waals surface area contributed by atoms with Gasteiger partial charge in [-0.2, -0.15) is 11.6 Å². The SMILES string of the molecule is CC1=CC(C)(C)c2cc3[cH-]c4cc5c(cc4c3cc21)C(C)=CC5(C)C.CC1=[C-]C(C)C=C1CC12CC3CC(CC(C3)C1)C2.[Cl-].[Cl-].[Zr+2]=[CH]c1ccccc1. The fourth-order valence-corrected chi connectivity index (χ4v) is 12.2. The van der Waals surface area contributed by atoms with Crippen LogP contribution in [0.4, 0.5) is 0 Å². The zero-order valence-electron chi connectivity index (χ0n) is 33.1. The molecule has 0 aromatic heterocycles. The summed E-state index contributed by atoms with van der Waals surface area (Å²) < 4.78 is 2.17. The predicted molar refractivity (Wildman–Crippen MR) is 217 cm³/mol. The molecule has 0 heterocycles. The van der Waals surface area contributed by atoms with Crippen molar-refractivity contribution in [3.63, 3.8) is 0 Å². The molecule has 1 atom stereocenters. The molecule has 0 aliphatic heterocycles. The molecule has 4 aromatic carbocycles. The third-order valence-electron chi connectivity index (χ3n) is 13.4. The molecule has 7 aliphatic rings. The van der Waals surface area contributed by atoms with Gasteiger partial charge in [-0.3, -0.25) is 6.08 Å². The van der Waals surface area contributed by atoms with Gasteiger partial charge < -0.3 is 24.8 Å². The van der Waals surface area contributed by atoms with Crippen LogP contribution in [-0.2, 0) is 35.1 Å². The third-order valence-corrected chi connectivity index (χ3v) is 14.3. The van der Waals surface area contributed by atoms with E-state index in [2.05, 4.69) is 138 Å². The minimum atomic E-state index is 0. The van der Waals surface area contributed by atoms with E-state index >= 15 is 0 Å². The van der Waals surface area contributed by atoms with E-state index in [0.29, 0.717) is 11.3 Å². The number of halogens is 2. The second kappa shape index (κ2) is 15.1. The molecular formula is C50H56Cl2Zr-2.